The third-order valence-electron chi connectivity index (χ3n) is 0.941. The van der Waals surface area contributed by atoms with Crippen molar-refractivity contribution in [2.45, 2.75) is 19.1 Å². The number of hydrogen-bond donors (Lipinski definition) is 2. The molecule has 0 heterocycles. The Kier molecular flexibility index (Phi) is 3.19. The number of aliphatic hydroxyl groups is 1. The number of carbonyl (C=O) groups excluding carboxylic acids is 1. The van der Waals surface area contributed by atoms with E-state index in [1.165, 1.54) is 14.0 Å². The zero-order chi connectivity index (χ0) is 7.44. The van der Waals surface area contributed by atoms with Gasteiger partial charge in [0, 0.05) is 6.04 Å². The van der Waals surface area contributed by atoms with E-state index in [2.05, 4.69) is 4.74 Å². The Labute approximate surface area is 53.6 Å². The lowest BCUT2D eigenvalue weighted by Gasteiger charge is -2.10. The molecule has 54 valence electrons. The summed E-state index contributed by atoms with van der Waals surface area (Å²) in [7, 11) is 1.20. The van der Waals surface area contributed by atoms with E-state index in [1.54, 1.807) is 0 Å². The van der Waals surface area contributed by atoms with Crippen LogP contribution in [0.1, 0.15) is 6.92 Å². The van der Waals surface area contributed by atoms with E-state index < -0.39 is 18.1 Å². The smallest absolute Gasteiger partial charge is 0.336 e. The number of methoxy groups -OCH3 is 1. The van der Waals surface area contributed by atoms with Gasteiger partial charge in [0.05, 0.1) is 7.11 Å². The normalized spacial score (nSPS) is 16.4. The third-order valence-corrected chi connectivity index (χ3v) is 0.941. The summed E-state index contributed by atoms with van der Waals surface area (Å²) in [5, 5.41) is 8.80. The van der Waals surface area contributed by atoms with Crippen LogP contribution in [0, 0.1) is 0 Å². The van der Waals surface area contributed by atoms with Crippen molar-refractivity contribution in [3.63, 3.8) is 0 Å². The first kappa shape index (κ1) is 8.39. The molecule has 0 spiro atoms. The highest BCUT2D eigenvalue weighted by atomic mass is 16.5. The van der Waals surface area contributed by atoms with Gasteiger partial charge in [-0.3, -0.25) is 0 Å². The molecule has 0 aromatic rings. The SMILES string of the molecule is COC(=O)[C@@H](O)[C@H](C)N. The highest BCUT2D eigenvalue weighted by molar-refractivity contribution is 5.74. The van der Waals surface area contributed by atoms with E-state index in [1.807, 2.05) is 0 Å². The molecule has 0 radical (unpaired) electrons. The predicted octanol–water partition coefficient (Wildman–Crippen LogP) is -1.13. The number of aliphatic hydroxyl groups excluding tert-OH is 1. The van der Waals surface area contributed by atoms with Gasteiger partial charge in [-0.05, 0) is 6.92 Å². The summed E-state index contributed by atoms with van der Waals surface area (Å²) in [6, 6.07) is -0.572. The van der Waals surface area contributed by atoms with Crippen molar-refractivity contribution >= 4 is 5.97 Å². The number of carbonyl (C=O) groups is 1. The molecule has 0 unspecified atom stereocenters. The molecule has 0 aliphatic rings. The molecule has 4 heteroatoms. The number of esters is 1. The van der Waals surface area contributed by atoms with E-state index in [0.29, 0.717) is 0 Å². The summed E-state index contributed by atoms with van der Waals surface area (Å²) in [6.45, 7) is 1.53. The molecule has 0 aliphatic heterocycles. The quantitative estimate of drug-likeness (QED) is 0.467. The second-order valence-corrected chi connectivity index (χ2v) is 1.83. The van der Waals surface area contributed by atoms with Gasteiger partial charge in [0.1, 0.15) is 0 Å². The van der Waals surface area contributed by atoms with Crippen LogP contribution in [0.15, 0.2) is 0 Å². The molecule has 2 atom stereocenters. The fourth-order valence-electron chi connectivity index (χ4n) is 0.335. The monoisotopic (exact) mass is 133 g/mol. The molecular weight excluding hydrogens is 122 g/mol. The predicted molar refractivity (Wildman–Crippen MR) is 31.7 cm³/mol. The average molecular weight is 133 g/mol. The Morgan fingerprint density at radius 1 is 1.78 bits per heavy atom. The first-order chi connectivity index (χ1) is 4.09. The van der Waals surface area contributed by atoms with Crippen molar-refractivity contribution in [2.75, 3.05) is 7.11 Å². The molecule has 3 N–H and O–H groups in total. The van der Waals surface area contributed by atoms with E-state index in [0.717, 1.165) is 0 Å². The van der Waals surface area contributed by atoms with Gasteiger partial charge in [0.15, 0.2) is 6.10 Å². The van der Waals surface area contributed by atoms with Gasteiger partial charge in [-0.15, -0.1) is 0 Å². The minimum atomic E-state index is -1.20. The summed E-state index contributed by atoms with van der Waals surface area (Å²) < 4.78 is 4.20. The number of rotatable bonds is 2. The van der Waals surface area contributed by atoms with E-state index in [-0.39, 0.29) is 0 Å². The Morgan fingerprint density at radius 2 is 2.22 bits per heavy atom. The van der Waals surface area contributed by atoms with Crippen LogP contribution in [0.25, 0.3) is 0 Å². The number of hydrogen-bond acceptors (Lipinski definition) is 4. The van der Waals surface area contributed by atoms with Gasteiger partial charge >= 0.3 is 5.97 Å². The van der Waals surface area contributed by atoms with Crippen LogP contribution in [0.4, 0.5) is 0 Å². The largest absolute Gasteiger partial charge is 0.467 e. The van der Waals surface area contributed by atoms with Crippen LogP contribution in [0.5, 0.6) is 0 Å². The zero-order valence-electron chi connectivity index (χ0n) is 5.50. The maximum absolute atomic E-state index is 10.4. The van der Waals surface area contributed by atoms with Crippen molar-refractivity contribution < 1.29 is 14.6 Å². The van der Waals surface area contributed by atoms with Crippen molar-refractivity contribution in [2.24, 2.45) is 5.73 Å². The molecule has 0 aromatic heterocycles. The van der Waals surface area contributed by atoms with Gasteiger partial charge in [-0.25, -0.2) is 4.79 Å². The Bertz CT molecular complexity index is 102. The first-order valence-electron chi connectivity index (χ1n) is 2.61. The molecule has 0 aliphatic carbocycles. The summed E-state index contributed by atoms with van der Waals surface area (Å²) in [5.74, 6) is -0.690. The van der Waals surface area contributed by atoms with E-state index in [9.17, 15) is 4.79 Å². The van der Waals surface area contributed by atoms with Crippen LogP contribution >= 0.6 is 0 Å². The van der Waals surface area contributed by atoms with Crippen molar-refractivity contribution in [1.29, 1.82) is 0 Å². The van der Waals surface area contributed by atoms with Gasteiger partial charge in [-0.2, -0.15) is 0 Å². The molecule has 0 fully saturated rings. The maximum Gasteiger partial charge on any atom is 0.336 e. The topological polar surface area (TPSA) is 72.5 Å². The standard InChI is InChI=1S/C5H11NO3/c1-3(6)4(7)5(8)9-2/h3-4,7H,6H2,1-2H3/t3-,4-/m0/s1. The van der Waals surface area contributed by atoms with Gasteiger partial charge in [0.25, 0.3) is 0 Å². The first-order valence-corrected chi connectivity index (χ1v) is 2.61. The van der Waals surface area contributed by atoms with Gasteiger partial charge in [0.2, 0.25) is 0 Å². The van der Waals surface area contributed by atoms with Gasteiger partial charge < -0.3 is 15.6 Å². The minimum absolute atomic E-state index is 0.572. The second-order valence-electron chi connectivity index (χ2n) is 1.83. The fourth-order valence-corrected chi connectivity index (χ4v) is 0.335. The Morgan fingerprint density at radius 3 is 2.33 bits per heavy atom. The second kappa shape index (κ2) is 3.42. The van der Waals surface area contributed by atoms with E-state index in [4.69, 9.17) is 10.8 Å². The minimum Gasteiger partial charge on any atom is -0.467 e. The lowest BCUT2D eigenvalue weighted by atomic mass is 10.2. The Hall–Kier alpha value is -0.610. The summed E-state index contributed by atoms with van der Waals surface area (Å²) in [4.78, 5) is 10.4. The molecule has 0 amide bonds. The molecular formula is C5H11NO3. The molecule has 0 bridgehead atoms. The fraction of sp³-hybridized carbons (Fsp3) is 0.800. The summed E-state index contributed by atoms with van der Waals surface area (Å²) in [6.07, 6.45) is -1.20. The summed E-state index contributed by atoms with van der Waals surface area (Å²) in [5.41, 5.74) is 5.16. The van der Waals surface area contributed by atoms with Crippen LogP contribution in [-0.2, 0) is 9.53 Å². The van der Waals surface area contributed by atoms with Crippen molar-refractivity contribution in [3.8, 4) is 0 Å². The maximum atomic E-state index is 10.4. The molecule has 0 rings (SSSR count). The van der Waals surface area contributed by atoms with Gasteiger partial charge in [-0.1, -0.05) is 0 Å². The van der Waals surface area contributed by atoms with Crippen LogP contribution in [0.2, 0.25) is 0 Å². The van der Waals surface area contributed by atoms with Crippen molar-refractivity contribution in [3.05, 3.63) is 0 Å². The lowest BCUT2D eigenvalue weighted by molar-refractivity contribution is -0.151. The Balaban J connectivity index is 3.72. The zero-order valence-corrected chi connectivity index (χ0v) is 5.50. The number of nitrogens with two attached hydrogens (primary N) is 1. The van der Waals surface area contributed by atoms with Crippen LogP contribution in [-0.4, -0.2) is 30.3 Å². The van der Waals surface area contributed by atoms with Crippen LogP contribution < -0.4 is 5.73 Å². The molecule has 0 saturated heterocycles. The van der Waals surface area contributed by atoms with E-state index >= 15 is 0 Å². The molecule has 0 aromatic carbocycles. The highest BCUT2D eigenvalue weighted by Gasteiger charge is 2.18. The lowest BCUT2D eigenvalue weighted by Crippen LogP contribution is -2.38. The number of ether oxygens (including phenoxy) is 1. The van der Waals surface area contributed by atoms with Crippen LogP contribution in [0.3, 0.4) is 0 Å². The molecule has 9 heavy (non-hydrogen) atoms. The molecule has 0 saturated carbocycles. The third kappa shape index (κ3) is 2.43. The van der Waals surface area contributed by atoms with Crippen molar-refractivity contribution in [1.82, 2.24) is 0 Å². The molecule has 4 nitrogen and oxygen atoms in total. The average Bonchev–Trinajstić information content (AvgIpc) is 1.84. The summed E-state index contributed by atoms with van der Waals surface area (Å²) >= 11 is 0. The highest BCUT2D eigenvalue weighted by Crippen LogP contribution is 1.90.